The van der Waals surface area contributed by atoms with Gasteiger partial charge in [0.2, 0.25) is 0 Å². The summed E-state index contributed by atoms with van der Waals surface area (Å²) in [5.41, 5.74) is 8.47. The molecule has 3 nitrogen and oxygen atoms in total. The van der Waals surface area contributed by atoms with Gasteiger partial charge in [-0.2, -0.15) is 0 Å². The Morgan fingerprint density at radius 3 is 1.79 bits per heavy atom. The minimum Gasteiger partial charge on any atom is -0.456 e. The van der Waals surface area contributed by atoms with Crippen LogP contribution < -0.4 is 0 Å². The minimum atomic E-state index is -2.36. The van der Waals surface area contributed by atoms with E-state index < -0.39 is 6.85 Å². The third-order valence-corrected chi connectivity index (χ3v) is 8.57. The molecule has 0 aliphatic rings. The predicted octanol–water partition coefficient (Wildman–Crippen LogP) is 10.9. The van der Waals surface area contributed by atoms with Crippen molar-refractivity contribution in [2.24, 2.45) is 0 Å². The maximum absolute atomic E-state index is 8.16. The number of furan rings is 1. The largest absolute Gasteiger partial charge is 0.456 e. The Balaban J connectivity index is 1.27. The topological polar surface area (TPSA) is 31.0 Å². The van der Waals surface area contributed by atoms with Gasteiger partial charge in [0, 0.05) is 20.6 Å². The van der Waals surface area contributed by atoms with Crippen LogP contribution in [0.5, 0.6) is 0 Å². The van der Waals surface area contributed by atoms with Gasteiger partial charge >= 0.3 is 0 Å². The Morgan fingerprint density at radius 2 is 1.09 bits per heavy atom. The van der Waals surface area contributed by atoms with E-state index in [4.69, 9.17) is 8.53 Å². The van der Waals surface area contributed by atoms with Crippen molar-refractivity contribution in [3.05, 3.63) is 145 Å². The molecule has 9 aromatic rings. The molecule has 0 N–H and O–H groups in total. The zero-order valence-electron chi connectivity index (χ0n) is 26.1. The number of aryl methyl sites for hydroxylation is 1. The summed E-state index contributed by atoms with van der Waals surface area (Å²) in [7, 11) is 0. The summed E-state index contributed by atoms with van der Waals surface area (Å²) in [5, 5.41) is 6.84. The van der Waals surface area contributed by atoms with Gasteiger partial charge in [-0.25, -0.2) is 4.98 Å². The van der Waals surface area contributed by atoms with Gasteiger partial charge in [0.25, 0.3) is 0 Å². The highest BCUT2D eigenvalue weighted by atomic mass is 16.3. The first-order valence-corrected chi connectivity index (χ1v) is 14.4. The number of rotatable bonds is 3. The average molecular weight is 554 g/mol. The molecule has 0 bridgehead atoms. The summed E-state index contributed by atoms with van der Waals surface area (Å²) >= 11 is 0. The summed E-state index contributed by atoms with van der Waals surface area (Å²) in [6.45, 7) is -2.36. The second-order valence-electron chi connectivity index (χ2n) is 11.0. The molecule has 0 amide bonds. The second kappa shape index (κ2) is 9.17. The average Bonchev–Trinajstić information content (AvgIpc) is 3.66. The standard InChI is InChI=1S/C40H26N2O/c1-25-41-35-15-7-8-16-36(35)42(25)28-21-18-26(19-22-28)39-30-11-2-4-13-32(30)40(33-14-5-3-12-31(33)39)27-20-23-38-34(24-27)29-10-6-9-17-37(29)43-38/h2-24H,1H3/i1D3. The van der Waals surface area contributed by atoms with E-state index in [0.29, 0.717) is 5.52 Å². The highest BCUT2D eigenvalue weighted by molar-refractivity contribution is 6.22. The van der Waals surface area contributed by atoms with Crippen molar-refractivity contribution in [3.8, 4) is 27.9 Å². The first kappa shape index (κ1) is 21.1. The fraction of sp³-hybridized carbons (Fsp3) is 0.0250. The van der Waals surface area contributed by atoms with E-state index in [2.05, 4.69) is 89.9 Å². The fourth-order valence-corrected chi connectivity index (χ4v) is 6.70. The van der Waals surface area contributed by atoms with Crippen molar-refractivity contribution in [2.75, 3.05) is 0 Å². The van der Waals surface area contributed by atoms with Crippen LogP contribution in [0, 0.1) is 6.85 Å². The molecular formula is C40H26N2O. The van der Waals surface area contributed by atoms with E-state index in [1.807, 2.05) is 54.6 Å². The van der Waals surface area contributed by atoms with Crippen LogP contribution in [0.1, 0.15) is 9.94 Å². The number of imidazole rings is 1. The van der Waals surface area contributed by atoms with Gasteiger partial charge in [0.15, 0.2) is 0 Å². The van der Waals surface area contributed by atoms with Crippen LogP contribution in [0.15, 0.2) is 144 Å². The minimum absolute atomic E-state index is 0.0593. The Labute approximate surface area is 252 Å². The highest BCUT2D eigenvalue weighted by Crippen LogP contribution is 2.44. The maximum Gasteiger partial charge on any atom is 0.135 e. The molecule has 0 radical (unpaired) electrons. The van der Waals surface area contributed by atoms with Crippen molar-refractivity contribution in [1.29, 1.82) is 0 Å². The van der Waals surface area contributed by atoms with E-state index in [-0.39, 0.29) is 5.82 Å². The van der Waals surface area contributed by atoms with Crippen LogP contribution in [-0.4, -0.2) is 9.55 Å². The van der Waals surface area contributed by atoms with Gasteiger partial charge in [0.05, 0.1) is 11.0 Å². The van der Waals surface area contributed by atoms with Crippen molar-refractivity contribution >= 4 is 54.5 Å². The maximum atomic E-state index is 8.16. The van der Waals surface area contributed by atoms with Gasteiger partial charge in [-0.1, -0.05) is 97.1 Å². The highest BCUT2D eigenvalue weighted by Gasteiger charge is 2.18. The molecule has 9 rings (SSSR count). The third-order valence-electron chi connectivity index (χ3n) is 8.57. The van der Waals surface area contributed by atoms with E-state index >= 15 is 0 Å². The molecule has 0 unspecified atom stereocenters. The number of nitrogens with zero attached hydrogens (tertiary/aromatic N) is 2. The second-order valence-corrected chi connectivity index (χ2v) is 11.0. The van der Waals surface area contributed by atoms with Crippen LogP contribution in [0.4, 0.5) is 0 Å². The van der Waals surface area contributed by atoms with Crippen LogP contribution in [0.3, 0.4) is 0 Å². The van der Waals surface area contributed by atoms with Crippen molar-refractivity contribution in [1.82, 2.24) is 9.55 Å². The number of hydrogen-bond donors (Lipinski definition) is 0. The van der Waals surface area contributed by atoms with Gasteiger partial charge < -0.3 is 4.42 Å². The SMILES string of the molecule is [2H]C([2H])([2H])c1nc2ccccc2n1-c1ccc(-c2c3ccccc3c(-c3ccc4oc5ccccc5c4c3)c3ccccc23)cc1. The number of aromatic nitrogens is 2. The molecule has 0 atom stereocenters. The monoisotopic (exact) mass is 553 g/mol. The quantitative estimate of drug-likeness (QED) is 0.204. The van der Waals surface area contributed by atoms with Gasteiger partial charge in [-0.05, 0) is 93.1 Å². The zero-order chi connectivity index (χ0) is 31.0. The normalized spacial score (nSPS) is 13.2. The van der Waals surface area contributed by atoms with E-state index in [1.165, 1.54) is 5.56 Å². The van der Waals surface area contributed by atoms with Gasteiger partial charge in [-0.3, -0.25) is 4.57 Å². The molecule has 0 aliphatic heterocycles. The molecule has 2 heterocycles. The lowest BCUT2D eigenvalue weighted by Crippen LogP contribution is -1.97. The van der Waals surface area contributed by atoms with Crippen LogP contribution in [0.2, 0.25) is 0 Å². The summed E-state index contributed by atoms with van der Waals surface area (Å²) in [4.78, 5) is 4.49. The van der Waals surface area contributed by atoms with Gasteiger partial charge in [0.1, 0.15) is 17.0 Å². The Morgan fingerprint density at radius 1 is 0.535 bits per heavy atom. The smallest absolute Gasteiger partial charge is 0.135 e. The predicted molar refractivity (Wildman–Crippen MR) is 179 cm³/mol. The molecule has 2 aromatic heterocycles. The molecule has 202 valence electrons. The molecule has 43 heavy (non-hydrogen) atoms. The zero-order valence-corrected chi connectivity index (χ0v) is 23.1. The Hall–Kier alpha value is -5.67. The summed E-state index contributed by atoms with van der Waals surface area (Å²) in [6, 6.07) is 47.5. The number of para-hydroxylation sites is 3. The van der Waals surface area contributed by atoms with Crippen LogP contribution >= 0.6 is 0 Å². The summed E-state index contributed by atoms with van der Waals surface area (Å²) in [5.74, 6) is 0.0593. The van der Waals surface area contributed by atoms with E-state index in [1.54, 1.807) is 4.57 Å². The first-order valence-electron chi connectivity index (χ1n) is 15.9. The van der Waals surface area contributed by atoms with Crippen molar-refractivity contribution in [3.63, 3.8) is 0 Å². The molecule has 7 aromatic carbocycles. The molecule has 0 aliphatic carbocycles. The van der Waals surface area contributed by atoms with Crippen LogP contribution in [0.25, 0.3) is 82.5 Å². The number of hydrogen-bond acceptors (Lipinski definition) is 2. The third kappa shape index (κ3) is 3.58. The Bertz CT molecular complexity index is 2570. The lowest BCUT2D eigenvalue weighted by Gasteiger charge is -2.18. The fourth-order valence-electron chi connectivity index (χ4n) is 6.70. The Kier molecular flexibility index (Phi) is 4.50. The van der Waals surface area contributed by atoms with Crippen molar-refractivity contribution < 1.29 is 8.53 Å². The van der Waals surface area contributed by atoms with Crippen molar-refractivity contribution in [2.45, 2.75) is 6.85 Å². The first-order chi connectivity index (χ1) is 22.5. The number of benzene rings is 7. The molecule has 0 saturated carbocycles. The van der Waals surface area contributed by atoms with Crippen LogP contribution in [-0.2, 0) is 0 Å². The van der Waals surface area contributed by atoms with E-state index in [9.17, 15) is 0 Å². The number of fused-ring (bicyclic) bond motifs is 6. The lowest BCUT2D eigenvalue weighted by atomic mass is 9.85. The lowest BCUT2D eigenvalue weighted by molar-refractivity contribution is 0.669. The summed E-state index contributed by atoms with van der Waals surface area (Å²) in [6.07, 6.45) is 0. The molecule has 3 heteroatoms. The van der Waals surface area contributed by atoms with E-state index in [0.717, 1.165) is 71.4 Å². The summed E-state index contributed by atoms with van der Waals surface area (Å²) < 4.78 is 32.4. The molecule has 0 saturated heterocycles. The van der Waals surface area contributed by atoms with Gasteiger partial charge in [-0.15, -0.1) is 0 Å². The molecular weight excluding hydrogens is 524 g/mol. The molecule has 0 spiro atoms. The molecule has 0 fully saturated rings.